The summed E-state index contributed by atoms with van der Waals surface area (Å²) >= 11 is 1.72. The molecule has 1 aromatic carbocycles. The van der Waals surface area contributed by atoms with E-state index >= 15 is 0 Å². The Bertz CT molecular complexity index is 367. The third-order valence-electron chi connectivity index (χ3n) is 2.51. The van der Waals surface area contributed by atoms with E-state index in [-0.39, 0.29) is 12.6 Å². The molecule has 1 aliphatic heterocycles. The van der Waals surface area contributed by atoms with Crippen LogP contribution in [0.5, 0.6) is 0 Å². The van der Waals surface area contributed by atoms with E-state index in [0.717, 1.165) is 23.2 Å². The van der Waals surface area contributed by atoms with Crippen molar-refractivity contribution < 1.29 is 5.11 Å². The van der Waals surface area contributed by atoms with Crippen LogP contribution in [0.2, 0.25) is 0 Å². The number of thioether (sulfide) groups is 1. The molecule has 0 aliphatic carbocycles. The molecule has 1 heterocycles. The minimum atomic E-state index is 0.151. The molecule has 1 atom stereocenters. The van der Waals surface area contributed by atoms with Gasteiger partial charge in [-0.05, 0) is 19.1 Å². The van der Waals surface area contributed by atoms with Gasteiger partial charge in [-0.25, -0.2) is 0 Å². The molecule has 0 aromatic heterocycles. The highest BCUT2D eigenvalue weighted by Gasteiger charge is 2.30. The quantitative estimate of drug-likeness (QED) is 0.871. The summed E-state index contributed by atoms with van der Waals surface area (Å²) in [6.07, 6.45) is 0. The van der Waals surface area contributed by atoms with Crippen molar-refractivity contribution >= 4 is 22.6 Å². The maximum absolute atomic E-state index is 9.37. The van der Waals surface area contributed by atoms with Crippen molar-refractivity contribution in [2.75, 3.05) is 23.8 Å². The first-order valence-corrected chi connectivity index (χ1v) is 6.47. The molecule has 1 N–H and O–H groups in total. The SMILES string of the molecule is CC/N=C1\SCC(CO)N1c1ccccc1. The molecular formula is C12H16N2OS. The van der Waals surface area contributed by atoms with Crippen LogP contribution in [-0.2, 0) is 0 Å². The fraction of sp³-hybridized carbons (Fsp3) is 0.417. The molecular weight excluding hydrogens is 220 g/mol. The van der Waals surface area contributed by atoms with E-state index in [0.29, 0.717) is 0 Å². The molecule has 0 bridgehead atoms. The molecule has 1 aromatic rings. The monoisotopic (exact) mass is 236 g/mol. The van der Waals surface area contributed by atoms with Gasteiger partial charge in [-0.15, -0.1) is 0 Å². The predicted molar refractivity (Wildman–Crippen MR) is 70.2 cm³/mol. The van der Waals surface area contributed by atoms with E-state index in [1.165, 1.54) is 0 Å². The van der Waals surface area contributed by atoms with Crippen LogP contribution >= 0.6 is 11.8 Å². The van der Waals surface area contributed by atoms with Crippen LogP contribution in [0.25, 0.3) is 0 Å². The molecule has 0 radical (unpaired) electrons. The number of aliphatic hydroxyl groups is 1. The zero-order valence-corrected chi connectivity index (χ0v) is 10.2. The normalized spacial score (nSPS) is 23.0. The number of aliphatic imine (C=N–C) groups is 1. The molecule has 3 nitrogen and oxygen atoms in total. The van der Waals surface area contributed by atoms with Crippen molar-refractivity contribution in [2.45, 2.75) is 13.0 Å². The fourth-order valence-electron chi connectivity index (χ4n) is 1.77. The molecule has 16 heavy (non-hydrogen) atoms. The molecule has 86 valence electrons. The molecule has 0 amide bonds. The first kappa shape index (κ1) is 11.5. The first-order chi connectivity index (χ1) is 7.86. The molecule has 1 fully saturated rings. The van der Waals surface area contributed by atoms with Gasteiger partial charge in [-0.2, -0.15) is 0 Å². The second-order valence-electron chi connectivity index (χ2n) is 3.61. The standard InChI is InChI=1S/C12H16N2OS/c1-2-13-12-14(11(8-15)9-16-12)10-6-4-3-5-7-10/h3-7,11,15H,2,8-9H2,1H3/b13-12-. The Balaban J connectivity index is 2.30. The second kappa shape index (κ2) is 5.37. The lowest BCUT2D eigenvalue weighted by Gasteiger charge is -2.24. The van der Waals surface area contributed by atoms with Crippen LogP contribution in [0.1, 0.15) is 6.92 Å². The molecule has 1 aliphatic rings. The summed E-state index contributed by atoms with van der Waals surface area (Å²) in [6.45, 7) is 2.98. The van der Waals surface area contributed by atoms with Gasteiger partial charge in [-0.3, -0.25) is 4.99 Å². The molecule has 4 heteroatoms. The lowest BCUT2D eigenvalue weighted by atomic mass is 10.2. The van der Waals surface area contributed by atoms with Crippen LogP contribution in [0.3, 0.4) is 0 Å². The number of hydrogen-bond acceptors (Lipinski definition) is 3. The number of amidine groups is 1. The Morgan fingerprint density at radius 1 is 1.44 bits per heavy atom. The van der Waals surface area contributed by atoms with E-state index in [2.05, 4.69) is 22.0 Å². The summed E-state index contributed by atoms with van der Waals surface area (Å²) in [4.78, 5) is 6.61. The number of anilines is 1. The van der Waals surface area contributed by atoms with Crippen molar-refractivity contribution in [3.05, 3.63) is 30.3 Å². The van der Waals surface area contributed by atoms with Crippen molar-refractivity contribution in [2.24, 2.45) is 4.99 Å². The summed E-state index contributed by atoms with van der Waals surface area (Å²) in [5, 5.41) is 10.4. The zero-order valence-electron chi connectivity index (χ0n) is 9.34. The topological polar surface area (TPSA) is 35.8 Å². The maximum atomic E-state index is 9.37. The predicted octanol–water partition coefficient (Wildman–Crippen LogP) is 1.98. The van der Waals surface area contributed by atoms with Crippen LogP contribution in [-0.4, -0.2) is 35.2 Å². The number of para-hydroxylation sites is 1. The summed E-state index contributed by atoms with van der Waals surface area (Å²) in [5.74, 6) is 0.907. The minimum absolute atomic E-state index is 0.151. The smallest absolute Gasteiger partial charge is 0.164 e. The number of rotatable bonds is 3. The Morgan fingerprint density at radius 2 is 2.19 bits per heavy atom. The van der Waals surface area contributed by atoms with Gasteiger partial charge in [0.05, 0.1) is 12.6 Å². The highest BCUT2D eigenvalue weighted by atomic mass is 32.2. The summed E-state index contributed by atoms with van der Waals surface area (Å²) in [7, 11) is 0. The van der Waals surface area contributed by atoms with Gasteiger partial charge in [0.15, 0.2) is 5.17 Å². The van der Waals surface area contributed by atoms with Gasteiger partial charge in [0.1, 0.15) is 0 Å². The minimum Gasteiger partial charge on any atom is -0.394 e. The molecule has 0 saturated carbocycles. The molecule has 1 saturated heterocycles. The van der Waals surface area contributed by atoms with E-state index in [4.69, 9.17) is 0 Å². The van der Waals surface area contributed by atoms with E-state index in [1.807, 2.05) is 25.1 Å². The van der Waals surface area contributed by atoms with Crippen LogP contribution < -0.4 is 4.90 Å². The van der Waals surface area contributed by atoms with Gasteiger partial charge in [0.2, 0.25) is 0 Å². The first-order valence-electron chi connectivity index (χ1n) is 5.49. The number of nitrogens with zero attached hydrogens (tertiary/aromatic N) is 2. The number of benzene rings is 1. The summed E-state index contributed by atoms with van der Waals surface area (Å²) in [5.41, 5.74) is 1.11. The van der Waals surface area contributed by atoms with Gasteiger partial charge in [0, 0.05) is 18.0 Å². The van der Waals surface area contributed by atoms with Crippen molar-refractivity contribution in [3.8, 4) is 0 Å². The molecule has 1 unspecified atom stereocenters. The van der Waals surface area contributed by atoms with Crippen LogP contribution in [0.15, 0.2) is 35.3 Å². The van der Waals surface area contributed by atoms with E-state index in [9.17, 15) is 5.11 Å². The number of aliphatic hydroxyl groups excluding tert-OH is 1. The van der Waals surface area contributed by atoms with Gasteiger partial charge in [-0.1, -0.05) is 30.0 Å². The van der Waals surface area contributed by atoms with Crippen molar-refractivity contribution in [3.63, 3.8) is 0 Å². The average Bonchev–Trinajstić information content (AvgIpc) is 2.74. The zero-order chi connectivity index (χ0) is 11.4. The third kappa shape index (κ3) is 2.23. The van der Waals surface area contributed by atoms with E-state index < -0.39 is 0 Å². The second-order valence-corrected chi connectivity index (χ2v) is 4.60. The van der Waals surface area contributed by atoms with Gasteiger partial charge < -0.3 is 10.0 Å². The Kier molecular flexibility index (Phi) is 3.85. The van der Waals surface area contributed by atoms with E-state index in [1.54, 1.807) is 11.8 Å². The largest absolute Gasteiger partial charge is 0.394 e. The van der Waals surface area contributed by atoms with Crippen molar-refractivity contribution in [1.29, 1.82) is 0 Å². The van der Waals surface area contributed by atoms with Crippen molar-refractivity contribution in [1.82, 2.24) is 0 Å². The Morgan fingerprint density at radius 3 is 2.81 bits per heavy atom. The fourth-order valence-corrected chi connectivity index (χ4v) is 2.98. The van der Waals surface area contributed by atoms with Crippen LogP contribution in [0.4, 0.5) is 5.69 Å². The average molecular weight is 236 g/mol. The lowest BCUT2D eigenvalue weighted by Crippen LogP contribution is -2.36. The summed E-state index contributed by atoms with van der Waals surface area (Å²) < 4.78 is 0. The van der Waals surface area contributed by atoms with Gasteiger partial charge in [0.25, 0.3) is 0 Å². The number of hydrogen-bond donors (Lipinski definition) is 1. The highest BCUT2D eigenvalue weighted by Crippen LogP contribution is 2.29. The summed E-state index contributed by atoms with van der Waals surface area (Å²) in [6, 6.07) is 10.3. The highest BCUT2D eigenvalue weighted by molar-refractivity contribution is 8.14. The third-order valence-corrected chi connectivity index (χ3v) is 3.65. The Hall–Kier alpha value is -1.00. The molecule has 0 spiro atoms. The van der Waals surface area contributed by atoms with Gasteiger partial charge >= 0.3 is 0 Å². The maximum Gasteiger partial charge on any atom is 0.164 e. The van der Waals surface area contributed by atoms with Crippen LogP contribution in [0, 0.1) is 0 Å². The lowest BCUT2D eigenvalue weighted by molar-refractivity contribution is 0.277. The Labute approximate surface area is 100 Å². The molecule has 2 rings (SSSR count).